The number of hydrogen-bond donors (Lipinski definition) is 1. The molecule has 2 heterocycles. The highest BCUT2D eigenvalue weighted by Crippen LogP contribution is 2.27. The molecule has 134 valence electrons. The molecule has 23 heavy (non-hydrogen) atoms. The Hall–Kier alpha value is -0.810. The predicted molar refractivity (Wildman–Crippen MR) is 94.7 cm³/mol. The Morgan fingerprint density at radius 2 is 1.78 bits per heavy atom. The molecule has 2 rings (SSSR count). The number of carbonyl (C=O) groups excluding carboxylic acids is 2. The lowest BCUT2D eigenvalue weighted by atomic mass is 9.90. The highest BCUT2D eigenvalue weighted by Gasteiger charge is 2.37. The summed E-state index contributed by atoms with van der Waals surface area (Å²) in [6, 6.07) is 0.325. The Kier molecular flexibility index (Phi) is 7.33. The van der Waals surface area contributed by atoms with Crippen molar-refractivity contribution in [3.05, 3.63) is 0 Å². The highest BCUT2D eigenvalue weighted by atomic mass is 35.5. The van der Waals surface area contributed by atoms with Crippen molar-refractivity contribution >= 4 is 24.2 Å². The fraction of sp³-hybridized carbons (Fsp3) is 0.882. The fourth-order valence-corrected chi connectivity index (χ4v) is 3.65. The van der Waals surface area contributed by atoms with Crippen molar-refractivity contribution in [3.8, 4) is 0 Å². The second-order valence-electron chi connectivity index (χ2n) is 7.73. The maximum Gasteiger partial charge on any atom is 0.227 e. The van der Waals surface area contributed by atoms with E-state index < -0.39 is 0 Å². The monoisotopic (exact) mass is 345 g/mol. The van der Waals surface area contributed by atoms with Crippen LogP contribution in [0.15, 0.2) is 0 Å². The summed E-state index contributed by atoms with van der Waals surface area (Å²) in [5.74, 6) is 0.403. The van der Waals surface area contributed by atoms with Crippen LogP contribution in [0.1, 0.15) is 46.5 Å². The average molecular weight is 346 g/mol. The first kappa shape index (κ1) is 20.2. The van der Waals surface area contributed by atoms with Crippen LogP contribution in [0.2, 0.25) is 0 Å². The first-order valence-electron chi connectivity index (χ1n) is 8.59. The number of nitrogens with one attached hydrogen (secondary N) is 1. The number of rotatable bonds is 3. The third-order valence-electron chi connectivity index (χ3n) is 4.80. The number of hydrogen-bond acceptors (Lipinski definition) is 3. The van der Waals surface area contributed by atoms with Gasteiger partial charge in [0, 0.05) is 37.6 Å². The van der Waals surface area contributed by atoms with Crippen molar-refractivity contribution in [2.45, 2.75) is 52.5 Å². The summed E-state index contributed by atoms with van der Waals surface area (Å²) in [4.78, 5) is 29.3. The summed E-state index contributed by atoms with van der Waals surface area (Å²) in [5, 5.41) is 3.19. The van der Waals surface area contributed by atoms with Gasteiger partial charge in [-0.2, -0.15) is 0 Å². The number of nitrogens with zero attached hydrogens (tertiary/aromatic N) is 2. The summed E-state index contributed by atoms with van der Waals surface area (Å²) in [6.45, 7) is 8.97. The van der Waals surface area contributed by atoms with Crippen molar-refractivity contribution in [2.24, 2.45) is 11.3 Å². The summed E-state index contributed by atoms with van der Waals surface area (Å²) in [5.41, 5.74) is -0.368. The molecule has 5 nitrogen and oxygen atoms in total. The SMILES string of the molecule is CNCC1CCCN1C(=O)C1CCCN(C(=O)C(C)(C)C)C1.Cl. The molecule has 2 amide bonds. The molecule has 2 saturated heterocycles. The molecule has 0 aromatic rings. The molecule has 0 radical (unpaired) electrons. The van der Waals surface area contributed by atoms with Crippen LogP contribution < -0.4 is 5.32 Å². The zero-order chi connectivity index (χ0) is 16.3. The van der Waals surface area contributed by atoms with Crippen LogP contribution in [0.4, 0.5) is 0 Å². The maximum atomic E-state index is 12.9. The van der Waals surface area contributed by atoms with Crippen molar-refractivity contribution in [2.75, 3.05) is 33.2 Å². The van der Waals surface area contributed by atoms with Crippen LogP contribution in [0.25, 0.3) is 0 Å². The quantitative estimate of drug-likeness (QED) is 0.850. The van der Waals surface area contributed by atoms with Gasteiger partial charge in [-0.05, 0) is 32.7 Å². The highest BCUT2D eigenvalue weighted by molar-refractivity contribution is 5.85. The average Bonchev–Trinajstić information content (AvgIpc) is 2.93. The lowest BCUT2D eigenvalue weighted by molar-refractivity contribution is -0.145. The zero-order valence-corrected chi connectivity index (χ0v) is 15.7. The van der Waals surface area contributed by atoms with Gasteiger partial charge in [0.25, 0.3) is 0 Å². The molecule has 6 heteroatoms. The minimum Gasteiger partial charge on any atom is -0.341 e. The van der Waals surface area contributed by atoms with Crippen molar-refractivity contribution < 1.29 is 9.59 Å². The number of likely N-dealkylation sites (N-methyl/N-ethyl adjacent to an activating group) is 1. The molecular weight excluding hydrogens is 314 g/mol. The van der Waals surface area contributed by atoms with Crippen molar-refractivity contribution in [1.82, 2.24) is 15.1 Å². The lowest BCUT2D eigenvalue weighted by Crippen LogP contribution is -2.51. The molecule has 0 saturated carbocycles. The standard InChI is InChI=1S/C17H31N3O2.ClH/c1-17(2,3)16(22)19-9-5-7-13(12-19)15(21)20-10-6-8-14(20)11-18-4;/h13-14,18H,5-12H2,1-4H3;1H. The van der Waals surface area contributed by atoms with Gasteiger partial charge in [-0.3, -0.25) is 9.59 Å². The molecule has 1 N–H and O–H groups in total. The molecule has 0 spiro atoms. The summed E-state index contributed by atoms with van der Waals surface area (Å²) >= 11 is 0. The Labute approximate surface area is 146 Å². The Balaban J connectivity index is 0.00000264. The molecule has 2 aliphatic rings. The Morgan fingerprint density at radius 1 is 1.13 bits per heavy atom. The normalized spacial score (nSPS) is 25.2. The number of amides is 2. The minimum absolute atomic E-state index is 0. The van der Waals surface area contributed by atoms with Crippen LogP contribution in [-0.2, 0) is 9.59 Å². The topological polar surface area (TPSA) is 52.7 Å². The first-order chi connectivity index (χ1) is 10.3. The maximum absolute atomic E-state index is 12.9. The van der Waals surface area contributed by atoms with Crippen LogP contribution in [-0.4, -0.2) is 60.9 Å². The minimum atomic E-state index is -0.368. The number of halogens is 1. The Bertz CT molecular complexity index is 423. The van der Waals surface area contributed by atoms with E-state index in [9.17, 15) is 9.59 Å². The van der Waals surface area contributed by atoms with E-state index in [1.54, 1.807) is 0 Å². The van der Waals surface area contributed by atoms with Crippen LogP contribution >= 0.6 is 12.4 Å². The summed E-state index contributed by atoms with van der Waals surface area (Å²) in [6.07, 6.45) is 4.03. The molecule has 0 aromatic heterocycles. The van der Waals surface area contributed by atoms with Crippen molar-refractivity contribution in [3.63, 3.8) is 0 Å². The smallest absolute Gasteiger partial charge is 0.227 e. The van der Waals surface area contributed by atoms with E-state index in [1.807, 2.05) is 37.6 Å². The van der Waals surface area contributed by atoms with E-state index in [2.05, 4.69) is 5.32 Å². The third kappa shape index (κ3) is 4.83. The molecule has 0 bridgehead atoms. The molecular formula is C17H32ClN3O2. The predicted octanol–water partition coefficient (Wildman–Crippen LogP) is 1.90. The van der Waals surface area contributed by atoms with E-state index >= 15 is 0 Å². The number of carbonyl (C=O) groups is 2. The van der Waals surface area contributed by atoms with E-state index in [0.29, 0.717) is 12.6 Å². The van der Waals surface area contributed by atoms with Gasteiger partial charge in [0.2, 0.25) is 11.8 Å². The summed E-state index contributed by atoms with van der Waals surface area (Å²) < 4.78 is 0. The molecule has 0 aromatic carbocycles. The van der Waals surface area contributed by atoms with E-state index in [4.69, 9.17) is 0 Å². The molecule has 2 aliphatic heterocycles. The molecule has 2 unspecified atom stereocenters. The Morgan fingerprint density at radius 3 is 2.39 bits per heavy atom. The van der Waals surface area contributed by atoms with Gasteiger partial charge in [0.15, 0.2) is 0 Å². The van der Waals surface area contributed by atoms with Crippen LogP contribution in [0.3, 0.4) is 0 Å². The molecule has 2 atom stereocenters. The molecule has 0 aliphatic carbocycles. The van der Waals surface area contributed by atoms with Crippen LogP contribution in [0.5, 0.6) is 0 Å². The van der Waals surface area contributed by atoms with Gasteiger partial charge < -0.3 is 15.1 Å². The van der Waals surface area contributed by atoms with Gasteiger partial charge in [-0.25, -0.2) is 0 Å². The van der Waals surface area contributed by atoms with Crippen molar-refractivity contribution in [1.29, 1.82) is 0 Å². The van der Waals surface area contributed by atoms with Gasteiger partial charge >= 0.3 is 0 Å². The summed E-state index contributed by atoms with van der Waals surface area (Å²) in [7, 11) is 1.94. The number of piperidine rings is 1. The second-order valence-corrected chi connectivity index (χ2v) is 7.73. The third-order valence-corrected chi connectivity index (χ3v) is 4.80. The lowest BCUT2D eigenvalue weighted by Gasteiger charge is -2.38. The van der Waals surface area contributed by atoms with E-state index in [0.717, 1.165) is 45.3 Å². The fourth-order valence-electron chi connectivity index (χ4n) is 3.65. The van der Waals surface area contributed by atoms with Gasteiger partial charge in [-0.1, -0.05) is 20.8 Å². The number of likely N-dealkylation sites (tertiary alicyclic amines) is 2. The van der Waals surface area contributed by atoms with E-state index in [-0.39, 0.29) is 35.6 Å². The first-order valence-corrected chi connectivity index (χ1v) is 8.59. The van der Waals surface area contributed by atoms with E-state index in [1.165, 1.54) is 0 Å². The largest absolute Gasteiger partial charge is 0.341 e. The van der Waals surface area contributed by atoms with Gasteiger partial charge in [0.05, 0.1) is 5.92 Å². The second kappa shape index (κ2) is 8.34. The van der Waals surface area contributed by atoms with Gasteiger partial charge in [0.1, 0.15) is 0 Å². The molecule has 2 fully saturated rings. The van der Waals surface area contributed by atoms with Crippen LogP contribution in [0, 0.1) is 11.3 Å². The van der Waals surface area contributed by atoms with Gasteiger partial charge in [-0.15, -0.1) is 12.4 Å². The zero-order valence-electron chi connectivity index (χ0n) is 14.9.